The van der Waals surface area contributed by atoms with Crippen LogP contribution in [-0.2, 0) is 11.3 Å². The minimum absolute atomic E-state index is 0. The number of rotatable bonds is 11. The first-order valence-electron chi connectivity index (χ1n) is 10.3. The summed E-state index contributed by atoms with van der Waals surface area (Å²) >= 11 is 0. The molecule has 0 aliphatic heterocycles. The van der Waals surface area contributed by atoms with E-state index in [0.717, 1.165) is 63.2 Å². The van der Waals surface area contributed by atoms with Crippen LogP contribution >= 0.6 is 24.0 Å². The lowest BCUT2D eigenvalue weighted by Gasteiger charge is -2.24. The number of hydrogen-bond donors (Lipinski definition) is 2. The monoisotopic (exact) mass is 491 g/mol. The van der Waals surface area contributed by atoms with Gasteiger partial charge in [0.05, 0.1) is 6.10 Å². The number of imidazole rings is 1. The molecular formula is C20H38IN5O. The molecule has 2 N–H and O–H groups in total. The van der Waals surface area contributed by atoms with Crippen molar-refractivity contribution in [1.82, 2.24) is 20.2 Å². The van der Waals surface area contributed by atoms with E-state index in [2.05, 4.69) is 32.1 Å². The van der Waals surface area contributed by atoms with Gasteiger partial charge in [-0.05, 0) is 51.9 Å². The Morgan fingerprint density at radius 2 is 2.04 bits per heavy atom. The quantitative estimate of drug-likeness (QED) is 0.214. The molecule has 1 fully saturated rings. The van der Waals surface area contributed by atoms with Gasteiger partial charge in [-0.15, -0.1) is 24.0 Å². The van der Waals surface area contributed by atoms with Crippen molar-refractivity contribution in [1.29, 1.82) is 0 Å². The zero-order chi connectivity index (χ0) is 18.6. The van der Waals surface area contributed by atoms with Crippen LogP contribution in [-0.4, -0.2) is 48.4 Å². The first-order chi connectivity index (χ1) is 12.7. The second-order valence-electron chi connectivity index (χ2n) is 7.13. The van der Waals surface area contributed by atoms with E-state index in [1.54, 1.807) is 0 Å². The van der Waals surface area contributed by atoms with Crippen LogP contribution in [0.3, 0.4) is 0 Å². The summed E-state index contributed by atoms with van der Waals surface area (Å²) in [6.07, 6.45) is 13.0. The largest absolute Gasteiger partial charge is 0.378 e. The third kappa shape index (κ3) is 8.81. The summed E-state index contributed by atoms with van der Waals surface area (Å²) in [7, 11) is 1.83. The first-order valence-corrected chi connectivity index (χ1v) is 10.3. The Kier molecular flexibility index (Phi) is 12.7. The summed E-state index contributed by atoms with van der Waals surface area (Å²) in [6.45, 7) is 7.83. The van der Waals surface area contributed by atoms with Crippen LogP contribution in [0.2, 0.25) is 0 Å². The zero-order valence-electron chi connectivity index (χ0n) is 17.2. The fraction of sp³-hybridized carbons (Fsp3) is 0.800. The number of guanidine groups is 1. The maximum Gasteiger partial charge on any atom is 0.190 e. The molecule has 1 aliphatic carbocycles. The Hall–Kier alpha value is -0.830. The number of hydrogen-bond acceptors (Lipinski definition) is 3. The summed E-state index contributed by atoms with van der Waals surface area (Å²) in [6, 6.07) is 0. The molecule has 7 heteroatoms. The van der Waals surface area contributed by atoms with E-state index >= 15 is 0 Å². The Balaban J connectivity index is 0.00000364. The van der Waals surface area contributed by atoms with Crippen molar-refractivity contribution in [2.45, 2.75) is 71.4 Å². The summed E-state index contributed by atoms with van der Waals surface area (Å²) in [5.41, 5.74) is 0. The Morgan fingerprint density at radius 1 is 1.30 bits per heavy atom. The van der Waals surface area contributed by atoms with Crippen LogP contribution in [0.4, 0.5) is 0 Å². The molecule has 1 saturated carbocycles. The Labute approximate surface area is 182 Å². The maximum atomic E-state index is 5.99. The number of ether oxygens (including phenoxy) is 1. The summed E-state index contributed by atoms with van der Waals surface area (Å²) in [4.78, 5) is 8.58. The van der Waals surface area contributed by atoms with Gasteiger partial charge in [0.15, 0.2) is 5.96 Å². The molecule has 156 valence electrons. The van der Waals surface area contributed by atoms with Gasteiger partial charge in [0.25, 0.3) is 0 Å². The average molecular weight is 491 g/mol. The molecule has 27 heavy (non-hydrogen) atoms. The van der Waals surface area contributed by atoms with E-state index in [1.807, 2.05) is 26.4 Å². The van der Waals surface area contributed by atoms with Crippen LogP contribution in [0.25, 0.3) is 0 Å². The van der Waals surface area contributed by atoms with Crippen molar-refractivity contribution in [2.75, 3.05) is 26.7 Å². The fourth-order valence-electron chi connectivity index (χ4n) is 3.81. The second-order valence-corrected chi connectivity index (χ2v) is 7.13. The highest BCUT2D eigenvalue weighted by atomic mass is 127. The zero-order valence-corrected chi connectivity index (χ0v) is 19.6. The van der Waals surface area contributed by atoms with E-state index in [9.17, 15) is 0 Å². The van der Waals surface area contributed by atoms with Crippen molar-refractivity contribution in [3.8, 4) is 0 Å². The third-order valence-corrected chi connectivity index (χ3v) is 5.29. The lowest BCUT2D eigenvalue weighted by atomic mass is 9.98. The molecule has 1 aromatic rings. The highest BCUT2D eigenvalue weighted by Crippen LogP contribution is 2.30. The first kappa shape index (κ1) is 24.2. The molecule has 0 amide bonds. The average Bonchev–Trinajstić information content (AvgIpc) is 3.31. The van der Waals surface area contributed by atoms with Crippen molar-refractivity contribution < 1.29 is 4.74 Å². The molecular weight excluding hydrogens is 453 g/mol. The predicted octanol–water partition coefficient (Wildman–Crippen LogP) is 3.74. The molecule has 0 saturated heterocycles. The molecule has 1 aliphatic rings. The third-order valence-electron chi connectivity index (χ3n) is 5.29. The Bertz CT molecular complexity index is 528. The molecule has 0 aromatic carbocycles. The fourth-order valence-corrected chi connectivity index (χ4v) is 3.81. The number of aryl methyl sites for hydroxylation is 2. The van der Waals surface area contributed by atoms with Crippen LogP contribution < -0.4 is 10.6 Å². The van der Waals surface area contributed by atoms with Gasteiger partial charge in [-0.1, -0.05) is 12.8 Å². The summed E-state index contributed by atoms with van der Waals surface area (Å²) < 4.78 is 8.19. The maximum absolute atomic E-state index is 5.99. The van der Waals surface area contributed by atoms with Crippen molar-refractivity contribution >= 4 is 29.9 Å². The van der Waals surface area contributed by atoms with Gasteiger partial charge >= 0.3 is 0 Å². The number of aromatic nitrogens is 2. The number of halogens is 1. The molecule has 0 spiro atoms. The lowest BCUT2D eigenvalue weighted by molar-refractivity contribution is 0.0169. The summed E-state index contributed by atoms with van der Waals surface area (Å²) in [5, 5.41) is 6.85. The second kappa shape index (κ2) is 14.2. The molecule has 1 aromatic heterocycles. The standard InChI is InChI=1S/C20H37N5O.HI/c1-4-26-19(18-9-5-6-10-18)11-13-24-20(21-3)23-12-7-8-15-25-16-14-22-17(25)2;/h14,16,18-19H,4-13,15H2,1-3H3,(H2,21,23,24);1H. The molecule has 0 radical (unpaired) electrons. The molecule has 0 bridgehead atoms. The number of unbranched alkanes of at least 4 members (excludes halogenated alkanes) is 1. The highest BCUT2D eigenvalue weighted by Gasteiger charge is 2.24. The predicted molar refractivity (Wildman–Crippen MR) is 123 cm³/mol. The molecule has 1 atom stereocenters. The van der Waals surface area contributed by atoms with E-state index < -0.39 is 0 Å². The van der Waals surface area contributed by atoms with Gasteiger partial charge < -0.3 is 19.9 Å². The normalized spacial score (nSPS) is 16.2. The smallest absolute Gasteiger partial charge is 0.190 e. The van der Waals surface area contributed by atoms with Crippen LogP contribution in [0, 0.1) is 12.8 Å². The lowest BCUT2D eigenvalue weighted by Crippen LogP contribution is -2.39. The van der Waals surface area contributed by atoms with Crippen molar-refractivity contribution in [2.24, 2.45) is 10.9 Å². The number of nitrogens with zero attached hydrogens (tertiary/aromatic N) is 3. The molecule has 1 unspecified atom stereocenters. The van der Waals surface area contributed by atoms with Gasteiger partial charge in [-0.25, -0.2) is 4.98 Å². The van der Waals surface area contributed by atoms with Crippen LogP contribution in [0.5, 0.6) is 0 Å². The SMILES string of the molecule is CCOC(CCNC(=NC)NCCCCn1ccnc1C)C1CCCC1.I. The van der Waals surface area contributed by atoms with Crippen molar-refractivity contribution in [3.05, 3.63) is 18.2 Å². The minimum Gasteiger partial charge on any atom is -0.378 e. The van der Waals surface area contributed by atoms with E-state index in [1.165, 1.54) is 25.7 Å². The molecule has 1 heterocycles. The van der Waals surface area contributed by atoms with Gasteiger partial charge in [-0.2, -0.15) is 0 Å². The van der Waals surface area contributed by atoms with Crippen LogP contribution in [0.1, 0.15) is 57.7 Å². The van der Waals surface area contributed by atoms with Crippen LogP contribution in [0.15, 0.2) is 17.4 Å². The highest BCUT2D eigenvalue weighted by molar-refractivity contribution is 14.0. The van der Waals surface area contributed by atoms with Gasteiger partial charge in [0.2, 0.25) is 0 Å². The van der Waals surface area contributed by atoms with Crippen molar-refractivity contribution in [3.63, 3.8) is 0 Å². The van der Waals surface area contributed by atoms with E-state index in [-0.39, 0.29) is 24.0 Å². The number of nitrogens with one attached hydrogen (secondary N) is 2. The summed E-state index contributed by atoms with van der Waals surface area (Å²) in [5.74, 6) is 2.73. The van der Waals surface area contributed by atoms with Gasteiger partial charge in [0, 0.05) is 45.7 Å². The minimum atomic E-state index is 0. The van der Waals surface area contributed by atoms with Gasteiger partial charge in [0.1, 0.15) is 5.82 Å². The topological polar surface area (TPSA) is 63.5 Å². The van der Waals surface area contributed by atoms with Gasteiger partial charge in [-0.3, -0.25) is 4.99 Å². The molecule has 6 nitrogen and oxygen atoms in total. The Morgan fingerprint density at radius 3 is 2.67 bits per heavy atom. The number of aliphatic imine (C=N–C) groups is 1. The van der Waals surface area contributed by atoms with E-state index in [4.69, 9.17) is 4.74 Å². The molecule has 2 rings (SSSR count). The van der Waals surface area contributed by atoms with E-state index in [0.29, 0.717) is 6.10 Å².